The lowest BCUT2D eigenvalue weighted by molar-refractivity contribution is -0.120. The van der Waals surface area contributed by atoms with Crippen molar-refractivity contribution >= 4 is 5.91 Å². The van der Waals surface area contributed by atoms with Crippen LogP contribution in [-0.4, -0.2) is 34.8 Å². The molecule has 0 saturated carbocycles. The first-order valence-corrected chi connectivity index (χ1v) is 7.88. The molecule has 0 aliphatic rings. The van der Waals surface area contributed by atoms with E-state index < -0.39 is 0 Å². The summed E-state index contributed by atoms with van der Waals surface area (Å²) in [5.41, 5.74) is 3.13. The van der Waals surface area contributed by atoms with E-state index in [9.17, 15) is 4.79 Å². The van der Waals surface area contributed by atoms with Crippen LogP contribution < -0.4 is 10.6 Å². The van der Waals surface area contributed by atoms with Crippen LogP contribution >= 0.6 is 0 Å². The molecule has 1 amide bonds. The van der Waals surface area contributed by atoms with Gasteiger partial charge < -0.3 is 10.6 Å². The lowest BCUT2D eigenvalue weighted by atomic mass is 10.1. The predicted octanol–water partition coefficient (Wildman–Crippen LogP) is 1.81. The molecule has 1 rings (SSSR count). The lowest BCUT2D eigenvalue weighted by Gasteiger charge is -2.13. The molecule has 1 atom stereocenters. The zero-order valence-corrected chi connectivity index (χ0v) is 14.3. The first-order chi connectivity index (χ1) is 9.85. The van der Waals surface area contributed by atoms with Crippen LogP contribution in [0.25, 0.3) is 0 Å². The Balaban J connectivity index is 2.62. The fourth-order valence-electron chi connectivity index (χ4n) is 2.42. The third kappa shape index (κ3) is 5.50. The molecule has 0 fully saturated rings. The van der Waals surface area contributed by atoms with E-state index in [0.29, 0.717) is 24.9 Å². The van der Waals surface area contributed by atoms with Crippen molar-refractivity contribution in [3.8, 4) is 0 Å². The highest BCUT2D eigenvalue weighted by Gasteiger charge is 2.15. The van der Waals surface area contributed by atoms with Crippen molar-refractivity contribution in [3.05, 3.63) is 17.0 Å². The summed E-state index contributed by atoms with van der Waals surface area (Å²) in [4.78, 5) is 12.1. The molecule has 0 aromatic carbocycles. The molecule has 0 unspecified atom stereocenters. The monoisotopic (exact) mass is 294 g/mol. The van der Waals surface area contributed by atoms with E-state index in [1.807, 2.05) is 18.5 Å². The Hall–Kier alpha value is -1.36. The van der Waals surface area contributed by atoms with Crippen molar-refractivity contribution in [2.45, 2.75) is 60.5 Å². The summed E-state index contributed by atoms with van der Waals surface area (Å²) in [6.07, 6.45) is 0.411. The molecule has 1 heterocycles. The lowest BCUT2D eigenvalue weighted by Crippen LogP contribution is -2.39. The van der Waals surface area contributed by atoms with Crippen LogP contribution in [0.2, 0.25) is 0 Å². The number of aryl methyl sites for hydroxylation is 1. The van der Waals surface area contributed by atoms with E-state index in [1.54, 1.807) is 0 Å². The number of nitrogens with zero attached hydrogens (tertiary/aromatic N) is 2. The van der Waals surface area contributed by atoms with Gasteiger partial charge in [0, 0.05) is 30.4 Å². The van der Waals surface area contributed by atoms with Gasteiger partial charge in [0.1, 0.15) is 0 Å². The van der Waals surface area contributed by atoms with E-state index in [2.05, 4.69) is 43.4 Å². The molecule has 5 heteroatoms. The summed E-state index contributed by atoms with van der Waals surface area (Å²) >= 11 is 0. The second-order valence-electron chi connectivity index (χ2n) is 6.16. The summed E-state index contributed by atoms with van der Waals surface area (Å²) < 4.78 is 2.02. The summed E-state index contributed by atoms with van der Waals surface area (Å²) in [5, 5.41) is 10.8. The first-order valence-electron chi connectivity index (χ1n) is 7.88. The topological polar surface area (TPSA) is 58.9 Å². The molecular weight excluding hydrogens is 264 g/mol. The fraction of sp³-hybridized carbons (Fsp3) is 0.750. The summed E-state index contributed by atoms with van der Waals surface area (Å²) in [6.45, 7) is 15.0. The van der Waals surface area contributed by atoms with Gasteiger partial charge in [-0.3, -0.25) is 9.48 Å². The molecule has 2 N–H and O–H groups in total. The molecule has 21 heavy (non-hydrogen) atoms. The number of hydrogen-bond donors (Lipinski definition) is 2. The molecule has 0 radical (unpaired) electrons. The van der Waals surface area contributed by atoms with Gasteiger partial charge in [-0.25, -0.2) is 0 Å². The zero-order chi connectivity index (χ0) is 16.0. The largest absolute Gasteiger partial charge is 0.354 e. The van der Waals surface area contributed by atoms with Gasteiger partial charge in [-0.05, 0) is 33.2 Å². The second kappa shape index (κ2) is 8.17. The second-order valence-corrected chi connectivity index (χ2v) is 6.16. The van der Waals surface area contributed by atoms with E-state index in [0.717, 1.165) is 30.0 Å². The molecule has 1 aromatic rings. The maximum absolute atomic E-state index is 12.1. The maximum Gasteiger partial charge on any atom is 0.224 e. The van der Waals surface area contributed by atoms with Gasteiger partial charge in [0.2, 0.25) is 5.91 Å². The molecule has 0 aliphatic carbocycles. The van der Waals surface area contributed by atoms with Crippen molar-refractivity contribution < 1.29 is 4.79 Å². The Bertz CT molecular complexity index is 465. The molecule has 120 valence electrons. The third-order valence-corrected chi connectivity index (χ3v) is 3.56. The first kappa shape index (κ1) is 17.7. The number of rotatable bonds is 8. The molecule has 0 spiro atoms. The molecular formula is C16H30N4O. The molecule has 0 bridgehead atoms. The SMILES string of the molecule is CCN[C@H](C)CNC(=O)Cc1c(C)nn(CC(C)C)c1C. The van der Waals surface area contributed by atoms with Gasteiger partial charge in [-0.15, -0.1) is 0 Å². The number of aromatic nitrogens is 2. The quantitative estimate of drug-likeness (QED) is 0.769. The normalized spacial score (nSPS) is 12.7. The molecule has 5 nitrogen and oxygen atoms in total. The Morgan fingerprint density at radius 1 is 1.29 bits per heavy atom. The van der Waals surface area contributed by atoms with Gasteiger partial charge in [0.15, 0.2) is 0 Å². The average molecular weight is 294 g/mol. The number of carbonyl (C=O) groups excluding carboxylic acids is 1. The zero-order valence-electron chi connectivity index (χ0n) is 14.3. The summed E-state index contributed by atoms with van der Waals surface area (Å²) in [5.74, 6) is 0.612. The Morgan fingerprint density at radius 3 is 2.52 bits per heavy atom. The Labute approximate surface area is 128 Å². The number of carbonyl (C=O) groups is 1. The standard InChI is InChI=1S/C16H30N4O/c1-7-17-12(4)9-18-16(21)8-15-13(5)19-20(14(15)6)10-11(2)3/h11-12,17H,7-10H2,1-6H3,(H,18,21)/t12-/m1/s1. The summed E-state index contributed by atoms with van der Waals surface area (Å²) in [6, 6.07) is 0.296. The van der Waals surface area contributed by atoms with Crippen LogP contribution in [0.15, 0.2) is 0 Å². The van der Waals surface area contributed by atoms with Gasteiger partial charge in [-0.1, -0.05) is 20.8 Å². The van der Waals surface area contributed by atoms with Crippen molar-refractivity contribution in [1.82, 2.24) is 20.4 Å². The van der Waals surface area contributed by atoms with Crippen molar-refractivity contribution in [2.75, 3.05) is 13.1 Å². The number of likely N-dealkylation sites (N-methyl/N-ethyl adjacent to an activating group) is 1. The molecule has 0 aliphatic heterocycles. The van der Waals surface area contributed by atoms with E-state index >= 15 is 0 Å². The predicted molar refractivity (Wildman–Crippen MR) is 86.4 cm³/mol. The van der Waals surface area contributed by atoms with Crippen molar-refractivity contribution in [1.29, 1.82) is 0 Å². The number of amides is 1. The van der Waals surface area contributed by atoms with Crippen LogP contribution in [0.1, 0.15) is 44.6 Å². The van der Waals surface area contributed by atoms with Crippen LogP contribution in [0.4, 0.5) is 0 Å². The van der Waals surface area contributed by atoms with Gasteiger partial charge in [0.05, 0.1) is 12.1 Å². The van der Waals surface area contributed by atoms with Gasteiger partial charge in [0.25, 0.3) is 0 Å². The van der Waals surface area contributed by atoms with Gasteiger partial charge in [-0.2, -0.15) is 5.10 Å². The van der Waals surface area contributed by atoms with Crippen molar-refractivity contribution in [3.63, 3.8) is 0 Å². The smallest absolute Gasteiger partial charge is 0.224 e. The summed E-state index contributed by atoms with van der Waals surface area (Å²) in [7, 11) is 0. The van der Waals surface area contributed by atoms with Crippen LogP contribution in [-0.2, 0) is 17.8 Å². The van der Waals surface area contributed by atoms with E-state index in [-0.39, 0.29) is 5.91 Å². The average Bonchev–Trinajstić information content (AvgIpc) is 2.64. The van der Waals surface area contributed by atoms with Crippen LogP contribution in [0.3, 0.4) is 0 Å². The van der Waals surface area contributed by atoms with Crippen LogP contribution in [0, 0.1) is 19.8 Å². The maximum atomic E-state index is 12.1. The van der Waals surface area contributed by atoms with Gasteiger partial charge >= 0.3 is 0 Å². The Kier molecular flexibility index (Phi) is 6.89. The van der Waals surface area contributed by atoms with E-state index in [4.69, 9.17) is 0 Å². The minimum Gasteiger partial charge on any atom is -0.354 e. The minimum atomic E-state index is 0.0649. The van der Waals surface area contributed by atoms with E-state index in [1.165, 1.54) is 0 Å². The highest BCUT2D eigenvalue weighted by molar-refractivity contribution is 5.79. The number of nitrogens with one attached hydrogen (secondary N) is 2. The van der Waals surface area contributed by atoms with Crippen LogP contribution in [0.5, 0.6) is 0 Å². The number of hydrogen-bond acceptors (Lipinski definition) is 3. The minimum absolute atomic E-state index is 0.0649. The highest BCUT2D eigenvalue weighted by Crippen LogP contribution is 2.15. The van der Waals surface area contributed by atoms with Crippen molar-refractivity contribution in [2.24, 2.45) is 5.92 Å². The highest BCUT2D eigenvalue weighted by atomic mass is 16.1. The molecule has 0 saturated heterocycles. The Morgan fingerprint density at radius 2 is 1.95 bits per heavy atom. The molecule has 1 aromatic heterocycles. The fourth-order valence-corrected chi connectivity index (χ4v) is 2.42. The third-order valence-electron chi connectivity index (χ3n) is 3.56.